The predicted octanol–water partition coefficient (Wildman–Crippen LogP) is 4.22. The Morgan fingerprint density at radius 1 is 0.950 bits per heavy atom. The lowest BCUT2D eigenvalue weighted by atomic mass is 9.86. The van der Waals surface area contributed by atoms with E-state index in [4.69, 9.17) is 4.74 Å². The Kier molecular flexibility index (Phi) is 3.93. The van der Waals surface area contributed by atoms with Crippen LogP contribution < -0.4 is 4.74 Å². The summed E-state index contributed by atoms with van der Waals surface area (Å²) in [6.07, 6.45) is 0. The number of benzene rings is 2. The highest BCUT2D eigenvalue weighted by Gasteiger charge is 2.15. The van der Waals surface area contributed by atoms with Crippen LogP contribution in [0.5, 0.6) is 5.75 Å². The second-order valence-corrected chi connectivity index (χ2v) is 5.89. The van der Waals surface area contributed by atoms with Gasteiger partial charge in [-0.1, -0.05) is 57.2 Å². The highest BCUT2D eigenvalue weighted by atomic mass is 16.5. The van der Waals surface area contributed by atoms with Gasteiger partial charge in [0.05, 0.1) is 7.11 Å². The van der Waals surface area contributed by atoms with Crippen molar-refractivity contribution >= 4 is 5.78 Å². The average molecular weight is 268 g/mol. The van der Waals surface area contributed by atoms with Crippen LogP contribution in [0.3, 0.4) is 0 Å². The molecule has 0 aliphatic heterocycles. The van der Waals surface area contributed by atoms with Gasteiger partial charge in [0.15, 0.2) is 5.78 Å². The third-order valence-electron chi connectivity index (χ3n) is 3.35. The van der Waals surface area contributed by atoms with E-state index in [2.05, 4.69) is 20.8 Å². The monoisotopic (exact) mass is 268 g/mol. The van der Waals surface area contributed by atoms with Crippen molar-refractivity contribution in [3.05, 3.63) is 65.2 Å². The minimum Gasteiger partial charge on any atom is -0.497 e. The maximum atomic E-state index is 12.4. The van der Waals surface area contributed by atoms with E-state index in [1.54, 1.807) is 13.2 Å². The molecular weight excluding hydrogens is 248 g/mol. The van der Waals surface area contributed by atoms with Crippen molar-refractivity contribution in [1.29, 1.82) is 0 Å². The van der Waals surface area contributed by atoms with Gasteiger partial charge < -0.3 is 4.74 Å². The Labute approximate surface area is 120 Å². The fourth-order valence-corrected chi connectivity index (χ4v) is 2.05. The number of hydrogen-bond acceptors (Lipinski definition) is 2. The van der Waals surface area contributed by atoms with Gasteiger partial charge in [0.1, 0.15) is 5.75 Å². The first-order valence-corrected chi connectivity index (χ1v) is 6.71. The molecule has 20 heavy (non-hydrogen) atoms. The van der Waals surface area contributed by atoms with E-state index in [0.29, 0.717) is 16.9 Å². The summed E-state index contributed by atoms with van der Waals surface area (Å²) in [5.41, 5.74) is 2.66. The van der Waals surface area contributed by atoms with Crippen molar-refractivity contribution in [3.8, 4) is 5.75 Å². The molecule has 0 atom stereocenters. The van der Waals surface area contributed by atoms with Gasteiger partial charge in [-0.05, 0) is 23.1 Å². The van der Waals surface area contributed by atoms with E-state index in [1.807, 2.05) is 42.5 Å². The molecule has 2 heteroatoms. The van der Waals surface area contributed by atoms with E-state index in [9.17, 15) is 4.79 Å². The second kappa shape index (κ2) is 5.49. The summed E-state index contributed by atoms with van der Waals surface area (Å²) in [5.74, 6) is 0.714. The van der Waals surface area contributed by atoms with Crippen LogP contribution in [-0.4, -0.2) is 12.9 Å². The molecule has 0 heterocycles. The number of ether oxygens (including phenoxy) is 1. The Hall–Kier alpha value is -2.09. The Balaban J connectivity index is 2.29. The smallest absolute Gasteiger partial charge is 0.193 e. The van der Waals surface area contributed by atoms with Gasteiger partial charge in [-0.3, -0.25) is 4.79 Å². The fraction of sp³-hybridized carbons (Fsp3) is 0.278. The zero-order valence-corrected chi connectivity index (χ0v) is 12.4. The van der Waals surface area contributed by atoms with E-state index in [-0.39, 0.29) is 11.2 Å². The number of rotatable bonds is 3. The largest absolute Gasteiger partial charge is 0.497 e. The van der Waals surface area contributed by atoms with E-state index in [1.165, 1.54) is 5.56 Å². The van der Waals surface area contributed by atoms with E-state index < -0.39 is 0 Å². The SMILES string of the molecule is COc1cccc(C(=O)c2ccc(C(C)(C)C)cc2)c1. The Morgan fingerprint density at radius 3 is 2.15 bits per heavy atom. The van der Waals surface area contributed by atoms with Gasteiger partial charge in [0.2, 0.25) is 0 Å². The van der Waals surface area contributed by atoms with Crippen LogP contribution in [0.4, 0.5) is 0 Å². The molecule has 0 saturated carbocycles. The van der Waals surface area contributed by atoms with Gasteiger partial charge >= 0.3 is 0 Å². The summed E-state index contributed by atoms with van der Waals surface area (Å²) >= 11 is 0. The molecule has 0 fully saturated rings. The first kappa shape index (κ1) is 14.3. The van der Waals surface area contributed by atoms with Crippen LogP contribution in [0, 0.1) is 0 Å². The Bertz CT molecular complexity index is 604. The predicted molar refractivity (Wildman–Crippen MR) is 81.6 cm³/mol. The van der Waals surface area contributed by atoms with Gasteiger partial charge in [-0.25, -0.2) is 0 Å². The van der Waals surface area contributed by atoms with Crippen molar-refractivity contribution in [2.75, 3.05) is 7.11 Å². The highest BCUT2D eigenvalue weighted by Crippen LogP contribution is 2.23. The van der Waals surface area contributed by atoms with E-state index >= 15 is 0 Å². The van der Waals surface area contributed by atoms with Crippen LogP contribution in [0.2, 0.25) is 0 Å². The molecule has 0 bridgehead atoms. The molecule has 2 aromatic carbocycles. The van der Waals surface area contributed by atoms with Gasteiger partial charge in [0.25, 0.3) is 0 Å². The summed E-state index contributed by atoms with van der Waals surface area (Å²) in [7, 11) is 1.60. The van der Waals surface area contributed by atoms with Crippen LogP contribution in [0.1, 0.15) is 42.3 Å². The van der Waals surface area contributed by atoms with Gasteiger partial charge in [-0.2, -0.15) is 0 Å². The van der Waals surface area contributed by atoms with Gasteiger partial charge in [-0.15, -0.1) is 0 Å². The minimum absolute atomic E-state index is 0.0179. The lowest BCUT2D eigenvalue weighted by Gasteiger charge is -2.19. The zero-order valence-electron chi connectivity index (χ0n) is 12.4. The van der Waals surface area contributed by atoms with Crippen LogP contribution in [0.15, 0.2) is 48.5 Å². The topological polar surface area (TPSA) is 26.3 Å². The lowest BCUT2D eigenvalue weighted by molar-refractivity contribution is 0.103. The maximum Gasteiger partial charge on any atom is 0.193 e. The minimum atomic E-state index is 0.0179. The maximum absolute atomic E-state index is 12.4. The number of carbonyl (C=O) groups excluding carboxylic acids is 1. The molecule has 0 N–H and O–H groups in total. The molecule has 2 nitrogen and oxygen atoms in total. The van der Waals surface area contributed by atoms with Crippen LogP contribution >= 0.6 is 0 Å². The first-order valence-electron chi connectivity index (χ1n) is 6.71. The number of ketones is 1. The fourth-order valence-electron chi connectivity index (χ4n) is 2.05. The normalized spacial score (nSPS) is 11.2. The number of hydrogen-bond donors (Lipinski definition) is 0. The molecular formula is C18H20O2. The van der Waals surface area contributed by atoms with Crippen LogP contribution in [0.25, 0.3) is 0 Å². The van der Waals surface area contributed by atoms with Crippen molar-refractivity contribution in [2.24, 2.45) is 0 Å². The molecule has 0 aliphatic rings. The molecule has 0 spiro atoms. The second-order valence-electron chi connectivity index (χ2n) is 5.89. The van der Waals surface area contributed by atoms with Crippen LogP contribution in [-0.2, 0) is 5.41 Å². The average Bonchev–Trinajstić information content (AvgIpc) is 2.46. The Morgan fingerprint density at radius 2 is 1.60 bits per heavy atom. The molecule has 2 aromatic rings. The van der Waals surface area contributed by atoms with Crippen molar-refractivity contribution in [1.82, 2.24) is 0 Å². The number of carbonyl (C=O) groups is 1. The quantitative estimate of drug-likeness (QED) is 0.779. The summed E-state index contributed by atoms with van der Waals surface area (Å²) in [6.45, 7) is 6.48. The standard InChI is InChI=1S/C18H20O2/c1-18(2,3)15-10-8-13(9-11-15)17(19)14-6-5-7-16(12-14)20-4/h5-12H,1-4H3. The summed E-state index contributed by atoms with van der Waals surface area (Å²) in [6, 6.07) is 15.1. The van der Waals surface area contributed by atoms with E-state index in [0.717, 1.165) is 0 Å². The van der Waals surface area contributed by atoms with Crippen molar-refractivity contribution in [2.45, 2.75) is 26.2 Å². The molecule has 0 aromatic heterocycles. The molecule has 2 rings (SSSR count). The summed E-state index contributed by atoms with van der Waals surface area (Å²) in [4.78, 5) is 12.4. The molecule has 0 aliphatic carbocycles. The van der Waals surface area contributed by atoms with Crippen molar-refractivity contribution in [3.63, 3.8) is 0 Å². The lowest BCUT2D eigenvalue weighted by Crippen LogP contribution is -2.11. The van der Waals surface area contributed by atoms with Gasteiger partial charge in [0, 0.05) is 11.1 Å². The molecule has 0 saturated heterocycles. The summed E-state index contributed by atoms with van der Waals surface area (Å²) in [5, 5.41) is 0. The third kappa shape index (κ3) is 3.08. The highest BCUT2D eigenvalue weighted by molar-refractivity contribution is 6.09. The summed E-state index contributed by atoms with van der Waals surface area (Å²) < 4.78 is 5.15. The zero-order chi connectivity index (χ0) is 14.8. The number of methoxy groups -OCH3 is 1. The third-order valence-corrected chi connectivity index (χ3v) is 3.35. The molecule has 104 valence electrons. The molecule has 0 unspecified atom stereocenters. The molecule has 0 radical (unpaired) electrons. The van der Waals surface area contributed by atoms with Crippen molar-refractivity contribution < 1.29 is 9.53 Å². The first-order chi connectivity index (χ1) is 9.41. The molecule has 0 amide bonds.